The molecule has 158 valence electrons. The second-order valence-electron chi connectivity index (χ2n) is 6.64. The van der Waals surface area contributed by atoms with Crippen LogP contribution in [0.15, 0.2) is 35.3 Å². The first-order chi connectivity index (χ1) is 13.5. The molecule has 0 aliphatic heterocycles. The molecule has 5 nitrogen and oxygen atoms in total. The smallest absolute Gasteiger partial charge is 0.421 e. The molecule has 1 heterocycles. The van der Waals surface area contributed by atoms with Crippen LogP contribution in [-0.4, -0.2) is 48.2 Å². The molecule has 0 radical (unpaired) electrons. The van der Waals surface area contributed by atoms with Crippen molar-refractivity contribution in [3.8, 4) is 5.75 Å². The van der Waals surface area contributed by atoms with Crippen molar-refractivity contribution in [1.82, 2.24) is 9.88 Å². The Morgan fingerprint density at radius 2 is 1.97 bits per heavy atom. The van der Waals surface area contributed by atoms with Gasteiger partial charge in [-0.3, -0.25) is 0 Å². The number of rotatable bonds is 7. The molecule has 29 heavy (non-hydrogen) atoms. The van der Waals surface area contributed by atoms with Gasteiger partial charge in [-0.25, -0.2) is 9.98 Å². The SMILES string of the molecule is CCN(C)/C=N/c1cc(OC)c(C(O)(Cc2cccc(F)n2)C(F)(F)F)cc1C. The molecule has 0 saturated heterocycles. The lowest BCUT2D eigenvalue weighted by atomic mass is 9.86. The number of methoxy groups -OCH3 is 1. The number of pyridine rings is 1. The van der Waals surface area contributed by atoms with Crippen molar-refractivity contribution in [2.24, 2.45) is 4.99 Å². The summed E-state index contributed by atoms with van der Waals surface area (Å²) in [6, 6.07) is 5.99. The Kier molecular flexibility index (Phi) is 6.84. The highest BCUT2D eigenvalue weighted by atomic mass is 19.4. The van der Waals surface area contributed by atoms with Gasteiger partial charge in [-0.2, -0.15) is 17.6 Å². The third kappa shape index (κ3) is 5.03. The van der Waals surface area contributed by atoms with Gasteiger partial charge >= 0.3 is 6.18 Å². The molecule has 1 atom stereocenters. The topological polar surface area (TPSA) is 58.0 Å². The van der Waals surface area contributed by atoms with Gasteiger partial charge in [-0.1, -0.05) is 6.07 Å². The van der Waals surface area contributed by atoms with Gasteiger partial charge in [0.05, 0.1) is 19.1 Å². The van der Waals surface area contributed by atoms with Gasteiger partial charge in [0.15, 0.2) is 5.60 Å². The van der Waals surface area contributed by atoms with Gasteiger partial charge in [0, 0.05) is 37.3 Å². The fraction of sp³-hybridized carbons (Fsp3) is 0.400. The third-order valence-electron chi connectivity index (χ3n) is 4.54. The van der Waals surface area contributed by atoms with Gasteiger partial charge in [-0.15, -0.1) is 0 Å². The lowest BCUT2D eigenvalue weighted by Crippen LogP contribution is -2.44. The Labute approximate surface area is 166 Å². The van der Waals surface area contributed by atoms with Crippen LogP contribution in [0.2, 0.25) is 0 Å². The molecule has 0 spiro atoms. The number of hydrogen-bond donors (Lipinski definition) is 1. The fourth-order valence-corrected chi connectivity index (χ4v) is 2.71. The number of aromatic nitrogens is 1. The largest absolute Gasteiger partial charge is 0.496 e. The molecule has 0 amide bonds. The van der Waals surface area contributed by atoms with Crippen LogP contribution in [0.4, 0.5) is 23.2 Å². The molecule has 0 aliphatic carbocycles. The number of aliphatic hydroxyl groups is 1. The maximum Gasteiger partial charge on any atom is 0.421 e. The number of ether oxygens (including phenoxy) is 1. The first kappa shape index (κ1) is 22.6. The highest BCUT2D eigenvalue weighted by molar-refractivity contribution is 5.65. The maximum atomic E-state index is 14.0. The quantitative estimate of drug-likeness (QED) is 0.321. The first-order valence-corrected chi connectivity index (χ1v) is 8.86. The molecule has 9 heteroatoms. The van der Waals surface area contributed by atoms with Crippen molar-refractivity contribution < 1.29 is 27.4 Å². The van der Waals surface area contributed by atoms with Crippen LogP contribution < -0.4 is 4.74 Å². The van der Waals surface area contributed by atoms with E-state index >= 15 is 0 Å². The average Bonchev–Trinajstić information content (AvgIpc) is 2.65. The van der Waals surface area contributed by atoms with Gasteiger partial charge in [-0.05, 0) is 37.6 Å². The summed E-state index contributed by atoms with van der Waals surface area (Å²) in [5, 5.41) is 10.7. The van der Waals surface area contributed by atoms with E-state index in [0.29, 0.717) is 17.8 Å². The van der Waals surface area contributed by atoms with Crippen molar-refractivity contribution in [3.63, 3.8) is 0 Å². The molecular weight excluding hydrogens is 390 g/mol. The van der Waals surface area contributed by atoms with Crippen LogP contribution in [-0.2, 0) is 12.0 Å². The number of aryl methyl sites for hydroxylation is 1. The normalized spacial score (nSPS) is 14.1. The van der Waals surface area contributed by atoms with Crippen LogP contribution in [0, 0.1) is 12.9 Å². The van der Waals surface area contributed by atoms with Crippen molar-refractivity contribution in [1.29, 1.82) is 0 Å². The second kappa shape index (κ2) is 8.77. The Morgan fingerprint density at radius 1 is 1.28 bits per heavy atom. The molecule has 1 unspecified atom stereocenters. The zero-order valence-electron chi connectivity index (χ0n) is 16.6. The first-order valence-electron chi connectivity index (χ1n) is 8.86. The van der Waals surface area contributed by atoms with Crippen LogP contribution in [0.1, 0.15) is 23.7 Å². The second-order valence-corrected chi connectivity index (χ2v) is 6.64. The molecule has 2 rings (SSSR count). The number of hydrogen-bond acceptors (Lipinski definition) is 4. The third-order valence-corrected chi connectivity index (χ3v) is 4.54. The minimum absolute atomic E-state index is 0.182. The predicted molar refractivity (Wildman–Crippen MR) is 102 cm³/mol. The van der Waals surface area contributed by atoms with E-state index in [1.54, 1.807) is 25.2 Å². The van der Waals surface area contributed by atoms with Gasteiger partial charge in [0.25, 0.3) is 0 Å². The van der Waals surface area contributed by atoms with Gasteiger partial charge in [0.2, 0.25) is 5.95 Å². The number of nitrogens with zero attached hydrogens (tertiary/aromatic N) is 3. The molecule has 1 aromatic carbocycles. The lowest BCUT2D eigenvalue weighted by Gasteiger charge is -2.32. The summed E-state index contributed by atoms with van der Waals surface area (Å²) in [5.41, 5.74) is -3.24. The number of halogens is 4. The van der Waals surface area contributed by atoms with E-state index in [9.17, 15) is 22.7 Å². The molecule has 0 bridgehead atoms. The lowest BCUT2D eigenvalue weighted by molar-refractivity contribution is -0.267. The van der Waals surface area contributed by atoms with E-state index < -0.39 is 29.7 Å². The van der Waals surface area contributed by atoms with E-state index in [0.717, 1.165) is 6.07 Å². The number of benzene rings is 1. The number of alkyl halides is 3. The Hall–Kier alpha value is -2.68. The molecule has 1 aromatic heterocycles. The van der Waals surface area contributed by atoms with Crippen molar-refractivity contribution in [2.45, 2.75) is 32.0 Å². The predicted octanol–water partition coefficient (Wildman–Crippen LogP) is 4.14. The molecule has 0 saturated carbocycles. The summed E-state index contributed by atoms with van der Waals surface area (Å²) in [7, 11) is 3.01. The Bertz CT molecular complexity index is 887. The van der Waals surface area contributed by atoms with Crippen LogP contribution in [0.25, 0.3) is 0 Å². The van der Waals surface area contributed by atoms with E-state index in [1.165, 1.54) is 31.4 Å². The average molecular weight is 413 g/mol. The van der Waals surface area contributed by atoms with Gasteiger partial charge in [0.1, 0.15) is 5.75 Å². The minimum atomic E-state index is -5.06. The van der Waals surface area contributed by atoms with Crippen LogP contribution in [0.5, 0.6) is 5.75 Å². The highest BCUT2D eigenvalue weighted by Gasteiger charge is 2.56. The molecule has 0 fully saturated rings. The zero-order valence-corrected chi connectivity index (χ0v) is 16.6. The molecule has 2 aromatic rings. The Balaban J connectivity index is 2.59. The Morgan fingerprint density at radius 3 is 2.52 bits per heavy atom. The highest BCUT2D eigenvalue weighted by Crippen LogP contribution is 2.46. The maximum absolute atomic E-state index is 14.0. The summed E-state index contributed by atoms with van der Waals surface area (Å²) in [6.45, 7) is 4.21. The van der Waals surface area contributed by atoms with E-state index in [2.05, 4.69) is 9.98 Å². The fourth-order valence-electron chi connectivity index (χ4n) is 2.71. The molecule has 0 aliphatic rings. The van der Waals surface area contributed by atoms with Crippen LogP contribution >= 0.6 is 0 Å². The van der Waals surface area contributed by atoms with Crippen molar-refractivity contribution >= 4 is 12.0 Å². The minimum Gasteiger partial charge on any atom is -0.496 e. The van der Waals surface area contributed by atoms with E-state index in [1.807, 2.05) is 6.92 Å². The van der Waals surface area contributed by atoms with Crippen molar-refractivity contribution in [3.05, 3.63) is 53.1 Å². The summed E-state index contributed by atoms with van der Waals surface area (Å²) in [4.78, 5) is 9.51. The van der Waals surface area contributed by atoms with Crippen LogP contribution in [0.3, 0.4) is 0 Å². The molecule has 1 N–H and O–H groups in total. The van der Waals surface area contributed by atoms with Crippen molar-refractivity contribution in [2.75, 3.05) is 20.7 Å². The van der Waals surface area contributed by atoms with E-state index in [-0.39, 0.29) is 11.4 Å². The monoisotopic (exact) mass is 413 g/mol. The van der Waals surface area contributed by atoms with E-state index in [4.69, 9.17) is 4.74 Å². The summed E-state index contributed by atoms with van der Waals surface area (Å²) in [6.07, 6.45) is -4.48. The standard InChI is InChI=1S/C20H23F4N3O2/c1-5-27(3)12-25-16-10-17(29-4)15(9-13(16)2)19(28,20(22,23)24)11-14-7-6-8-18(21)26-14/h6-10,12,28H,5,11H2,1-4H3/b25-12+. The summed E-state index contributed by atoms with van der Waals surface area (Å²) < 4.78 is 60.4. The molecular formula is C20H23F4N3O2. The summed E-state index contributed by atoms with van der Waals surface area (Å²) >= 11 is 0. The number of aliphatic imine (C=N–C) groups is 1. The van der Waals surface area contributed by atoms with Gasteiger partial charge < -0.3 is 14.7 Å². The summed E-state index contributed by atoms with van der Waals surface area (Å²) in [5.74, 6) is -1.11. The zero-order chi connectivity index (χ0) is 21.8.